The second-order valence-corrected chi connectivity index (χ2v) is 8.26. The van der Waals surface area contributed by atoms with Gasteiger partial charge >= 0.3 is 0 Å². The molecular weight excluding hydrogens is 432 g/mol. The number of H-pyrrole nitrogens is 1. The Kier molecular flexibility index (Phi) is 7.51. The van der Waals surface area contributed by atoms with E-state index in [-0.39, 0.29) is 17.9 Å². The second kappa shape index (κ2) is 10.1. The first kappa shape index (κ1) is 23.0. The molecule has 8 heteroatoms. The highest BCUT2D eigenvalue weighted by atomic mass is 35.5. The molecule has 1 heterocycles. The lowest BCUT2D eigenvalue weighted by atomic mass is 9.76. The van der Waals surface area contributed by atoms with Crippen LogP contribution in [0.5, 0.6) is 5.75 Å². The van der Waals surface area contributed by atoms with Crippen molar-refractivity contribution in [1.29, 1.82) is 0 Å². The van der Waals surface area contributed by atoms with Gasteiger partial charge in [-0.1, -0.05) is 37.6 Å². The molecule has 3 rings (SSSR count). The summed E-state index contributed by atoms with van der Waals surface area (Å²) < 4.78 is 7.31. The average Bonchev–Trinajstić information content (AvgIpc) is 3.15. The van der Waals surface area contributed by atoms with E-state index in [1.165, 1.54) is 5.56 Å². The Morgan fingerprint density at radius 3 is 2.39 bits per heavy atom. The summed E-state index contributed by atoms with van der Waals surface area (Å²) in [6, 6.07) is 15.3. The molecule has 0 radical (unpaired) electrons. The molecule has 0 saturated heterocycles. The summed E-state index contributed by atoms with van der Waals surface area (Å²) in [6.45, 7) is 4.89. The van der Waals surface area contributed by atoms with Crippen LogP contribution in [0, 0.1) is 4.77 Å². The van der Waals surface area contributed by atoms with Crippen LogP contribution in [0.2, 0.25) is 5.02 Å². The lowest BCUT2D eigenvalue weighted by molar-refractivity contribution is -0.122. The molecule has 31 heavy (non-hydrogen) atoms. The SMILES string of the molecule is CCC(CC)(CNC(=O)Cn1c(-c2ccc(OC)cc2)n[nH]c1=S)c1ccc(Cl)cc1. The van der Waals surface area contributed by atoms with Crippen LogP contribution in [0.1, 0.15) is 32.3 Å². The normalized spacial score (nSPS) is 11.4. The number of rotatable bonds is 9. The zero-order chi connectivity index (χ0) is 22.4. The van der Waals surface area contributed by atoms with Gasteiger partial charge in [-0.2, -0.15) is 5.10 Å². The van der Waals surface area contributed by atoms with Gasteiger partial charge in [0.2, 0.25) is 5.91 Å². The maximum Gasteiger partial charge on any atom is 0.240 e. The van der Waals surface area contributed by atoms with Crippen LogP contribution in [0.4, 0.5) is 0 Å². The van der Waals surface area contributed by atoms with E-state index in [4.69, 9.17) is 28.6 Å². The van der Waals surface area contributed by atoms with Crippen molar-refractivity contribution in [2.45, 2.75) is 38.6 Å². The Hall–Kier alpha value is -2.64. The molecule has 3 aromatic rings. The van der Waals surface area contributed by atoms with Crippen LogP contribution < -0.4 is 10.1 Å². The van der Waals surface area contributed by atoms with Gasteiger partial charge in [-0.05, 0) is 67.0 Å². The van der Waals surface area contributed by atoms with Crippen molar-refractivity contribution >= 4 is 29.7 Å². The highest BCUT2D eigenvalue weighted by molar-refractivity contribution is 7.71. The summed E-state index contributed by atoms with van der Waals surface area (Å²) in [5.41, 5.74) is 1.86. The van der Waals surface area contributed by atoms with Gasteiger partial charge in [0.1, 0.15) is 12.3 Å². The molecule has 0 unspecified atom stereocenters. The first-order chi connectivity index (χ1) is 14.9. The van der Waals surface area contributed by atoms with Gasteiger partial charge < -0.3 is 10.1 Å². The molecular formula is C23H27ClN4O2S. The predicted molar refractivity (Wildman–Crippen MR) is 126 cm³/mol. The van der Waals surface area contributed by atoms with E-state index in [0.29, 0.717) is 22.2 Å². The molecule has 0 spiro atoms. The predicted octanol–water partition coefficient (Wildman–Crippen LogP) is 5.14. The van der Waals surface area contributed by atoms with Gasteiger partial charge in [0.05, 0.1) is 7.11 Å². The largest absolute Gasteiger partial charge is 0.497 e. The van der Waals surface area contributed by atoms with E-state index in [9.17, 15) is 4.79 Å². The van der Waals surface area contributed by atoms with Gasteiger partial charge in [-0.25, -0.2) is 0 Å². The Morgan fingerprint density at radius 2 is 1.81 bits per heavy atom. The smallest absolute Gasteiger partial charge is 0.240 e. The Morgan fingerprint density at radius 1 is 1.16 bits per heavy atom. The van der Waals surface area contributed by atoms with Gasteiger partial charge in [0, 0.05) is 22.5 Å². The number of halogens is 1. The summed E-state index contributed by atoms with van der Waals surface area (Å²) in [6.07, 6.45) is 1.79. The number of nitrogens with zero attached hydrogens (tertiary/aromatic N) is 2. The molecule has 164 valence electrons. The quantitative estimate of drug-likeness (QED) is 0.435. The average molecular weight is 459 g/mol. The number of methoxy groups -OCH3 is 1. The maximum absolute atomic E-state index is 12.8. The van der Waals surface area contributed by atoms with Crippen LogP contribution in [-0.2, 0) is 16.8 Å². The number of hydrogen-bond acceptors (Lipinski definition) is 4. The minimum Gasteiger partial charge on any atom is -0.497 e. The summed E-state index contributed by atoms with van der Waals surface area (Å²) in [5, 5.41) is 10.9. The highest BCUT2D eigenvalue weighted by Crippen LogP contribution is 2.32. The Balaban J connectivity index is 1.75. The fourth-order valence-electron chi connectivity index (χ4n) is 3.71. The Labute approximate surface area is 192 Å². The summed E-state index contributed by atoms with van der Waals surface area (Å²) >= 11 is 11.4. The minimum atomic E-state index is -0.156. The van der Waals surface area contributed by atoms with Crippen molar-refractivity contribution < 1.29 is 9.53 Å². The summed E-state index contributed by atoms with van der Waals surface area (Å²) in [5.74, 6) is 1.24. The van der Waals surface area contributed by atoms with Crippen molar-refractivity contribution in [3.05, 3.63) is 63.9 Å². The lowest BCUT2D eigenvalue weighted by Gasteiger charge is -2.32. The molecule has 0 saturated carbocycles. The van der Waals surface area contributed by atoms with E-state index in [1.54, 1.807) is 11.7 Å². The topological polar surface area (TPSA) is 71.9 Å². The van der Waals surface area contributed by atoms with Crippen LogP contribution >= 0.6 is 23.8 Å². The minimum absolute atomic E-state index is 0.0841. The number of aromatic amines is 1. The van der Waals surface area contributed by atoms with Crippen molar-refractivity contribution in [2.75, 3.05) is 13.7 Å². The highest BCUT2D eigenvalue weighted by Gasteiger charge is 2.29. The van der Waals surface area contributed by atoms with Crippen LogP contribution in [0.15, 0.2) is 48.5 Å². The summed E-state index contributed by atoms with van der Waals surface area (Å²) in [7, 11) is 1.62. The van der Waals surface area contributed by atoms with Gasteiger partial charge in [0.25, 0.3) is 0 Å². The molecule has 6 nitrogen and oxygen atoms in total. The number of ether oxygens (including phenoxy) is 1. The Bertz CT molecular complexity index is 1070. The van der Waals surface area contributed by atoms with E-state index >= 15 is 0 Å². The number of amides is 1. The first-order valence-corrected chi connectivity index (χ1v) is 11.0. The monoisotopic (exact) mass is 458 g/mol. The van der Waals surface area contributed by atoms with E-state index in [2.05, 4.69) is 29.4 Å². The lowest BCUT2D eigenvalue weighted by Crippen LogP contribution is -2.41. The third-order valence-electron chi connectivity index (χ3n) is 5.84. The van der Waals surface area contributed by atoms with Gasteiger partial charge in [-0.15, -0.1) is 0 Å². The number of aromatic nitrogens is 3. The molecule has 1 amide bonds. The molecule has 0 fully saturated rings. The first-order valence-electron chi connectivity index (χ1n) is 10.2. The van der Waals surface area contributed by atoms with Gasteiger partial charge in [-0.3, -0.25) is 14.5 Å². The van der Waals surface area contributed by atoms with E-state index in [1.807, 2.05) is 48.5 Å². The number of nitrogens with one attached hydrogen (secondary N) is 2. The second-order valence-electron chi connectivity index (χ2n) is 7.44. The molecule has 2 N–H and O–H groups in total. The molecule has 0 aliphatic carbocycles. The number of carbonyl (C=O) groups excluding carboxylic acids is 1. The fourth-order valence-corrected chi connectivity index (χ4v) is 4.03. The van der Waals surface area contributed by atoms with Crippen molar-refractivity contribution in [2.24, 2.45) is 0 Å². The van der Waals surface area contributed by atoms with Crippen molar-refractivity contribution in [1.82, 2.24) is 20.1 Å². The molecule has 0 atom stereocenters. The van der Waals surface area contributed by atoms with E-state index < -0.39 is 0 Å². The van der Waals surface area contributed by atoms with Crippen LogP contribution in [0.25, 0.3) is 11.4 Å². The van der Waals surface area contributed by atoms with Crippen molar-refractivity contribution in [3.8, 4) is 17.1 Å². The van der Waals surface area contributed by atoms with Gasteiger partial charge in [0.15, 0.2) is 10.6 Å². The van der Waals surface area contributed by atoms with Crippen LogP contribution in [-0.4, -0.2) is 34.3 Å². The van der Waals surface area contributed by atoms with Crippen LogP contribution in [0.3, 0.4) is 0 Å². The molecule has 2 aromatic carbocycles. The third-order valence-corrected chi connectivity index (χ3v) is 6.41. The number of carbonyl (C=O) groups is 1. The van der Waals surface area contributed by atoms with Crippen molar-refractivity contribution in [3.63, 3.8) is 0 Å². The third kappa shape index (κ3) is 5.17. The number of benzene rings is 2. The number of hydrogen-bond donors (Lipinski definition) is 2. The standard InChI is InChI=1S/C23H27ClN4O2S/c1-4-23(5-2,17-8-10-18(24)11-9-17)15-25-20(29)14-28-21(26-27-22(28)31)16-6-12-19(30-3)13-7-16/h6-13H,4-5,14-15H2,1-3H3,(H,25,29)(H,27,31). The maximum atomic E-state index is 12.8. The molecule has 1 aromatic heterocycles. The fraction of sp³-hybridized carbons (Fsp3) is 0.348. The molecule has 0 aliphatic rings. The molecule has 0 bridgehead atoms. The summed E-state index contributed by atoms with van der Waals surface area (Å²) in [4.78, 5) is 12.8. The van der Waals surface area contributed by atoms with E-state index in [0.717, 1.165) is 24.2 Å². The zero-order valence-electron chi connectivity index (χ0n) is 17.9. The zero-order valence-corrected chi connectivity index (χ0v) is 19.5. The molecule has 0 aliphatic heterocycles.